The maximum absolute atomic E-state index is 12.0. The lowest BCUT2D eigenvalue weighted by molar-refractivity contribution is -0.132. The molecule has 1 unspecified atom stereocenters. The summed E-state index contributed by atoms with van der Waals surface area (Å²) in [5.74, 6) is -0.0524. The molecule has 0 bridgehead atoms. The lowest BCUT2D eigenvalue weighted by Gasteiger charge is -2.32. The molecule has 21 heavy (non-hydrogen) atoms. The zero-order valence-electron chi connectivity index (χ0n) is 12.1. The standard InChI is InChI=1S/C15H20BrN3O2/c1-11-10-19(9-8-17-11)14(20)6-7-18-15(21)12-2-4-13(16)5-3-12/h2-5,11,17H,6-10H2,1H3,(H,18,21). The van der Waals surface area contributed by atoms with Gasteiger partial charge in [0.25, 0.3) is 5.91 Å². The van der Waals surface area contributed by atoms with Crippen LogP contribution in [0.2, 0.25) is 0 Å². The zero-order chi connectivity index (χ0) is 15.2. The van der Waals surface area contributed by atoms with Gasteiger partial charge in [-0.25, -0.2) is 0 Å². The van der Waals surface area contributed by atoms with Gasteiger partial charge in [0.2, 0.25) is 5.91 Å². The molecule has 0 aromatic heterocycles. The fourth-order valence-electron chi connectivity index (χ4n) is 2.30. The third-order valence-electron chi connectivity index (χ3n) is 3.45. The molecule has 2 N–H and O–H groups in total. The van der Waals surface area contributed by atoms with Crippen LogP contribution in [-0.2, 0) is 4.79 Å². The van der Waals surface area contributed by atoms with Gasteiger partial charge in [0.15, 0.2) is 0 Å². The quantitative estimate of drug-likeness (QED) is 0.859. The van der Waals surface area contributed by atoms with Gasteiger partial charge < -0.3 is 15.5 Å². The molecule has 1 aromatic rings. The van der Waals surface area contributed by atoms with Gasteiger partial charge in [-0.3, -0.25) is 9.59 Å². The topological polar surface area (TPSA) is 61.4 Å². The molecule has 2 amide bonds. The van der Waals surface area contributed by atoms with Crippen molar-refractivity contribution in [3.63, 3.8) is 0 Å². The maximum atomic E-state index is 12.0. The first-order valence-corrected chi connectivity index (χ1v) is 7.90. The summed E-state index contributed by atoms with van der Waals surface area (Å²) in [6.07, 6.45) is 0.342. The molecule has 1 saturated heterocycles. The second-order valence-corrected chi connectivity index (χ2v) is 6.12. The van der Waals surface area contributed by atoms with Crippen molar-refractivity contribution in [1.82, 2.24) is 15.5 Å². The number of piperazine rings is 1. The molecule has 0 spiro atoms. The third-order valence-corrected chi connectivity index (χ3v) is 3.98. The second kappa shape index (κ2) is 7.56. The van der Waals surface area contributed by atoms with Crippen LogP contribution in [0.4, 0.5) is 0 Å². The van der Waals surface area contributed by atoms with E-state index in [2.05, 4.69) is 33.5 Å². The van der Waals surface area contributed by atoms with Crippen molar-refractivity contribution in [2.75, 3.05) is 26.2 Å². The summed E-state index contributed by atoms with van der Waals surface area (Å²) < 4.78 is 0.932. The highest BCUT2D eigenvalue weighted by Gasteiger charge is 2.20. The Morgan fingerprint density at radius 1 is 1.38 bits per heavy atom. The minimum atomic E-state index is -0.149. The van der Waals surface area contributed by atoms with Gasteiger partial charge in [0, 0.05) is 48.7 Å². The number of amides is 2. The van der Waals surface area contributed by atoms with Gasteiger partial charge in [-0.05, 0) is 31.2 Å². The number of carbonyl (C=O) groups excluding carboxylic acids is 2. The van der Waals surface area contributed by atoms with Gasteiger partial charge in [0.1, 0.15) is 0 Å². The van der Waals surface area contributed by atoms with Gasteiger partial charge >= 0.3 is 0 Å². The molecule has 1 fully saturated rings. The zero-order valence-corrected chi connectivity index (χ0v) is 13.6. The van der Waals surface area contributed by atoms with Crippen LogP contribution < -0.4 is 10.6 Å². The molecule has 0 saturated carbocycles. The van der Waals surface area contributed by atoms with Gasteiger partial charge in [0.05, 0.1) is 0 Å². The van der Waals surface area contributed by atoms with E-state index in [1.807, 2.05) is 17.0 Å². The molecular formula is C15H20BrN3O2. The Bertz CT molecular complexity index is 504. The maximum Gasteiger partial charge on any atom is 0.251 e. The summed E-state index contributed by atoms with van der Waals surface area (Å²) in [4.78, 5) is 25.8. The van der Waals surface area contributed by atoms with E-state index in [-0.39, 0.29) is 11.8 Å². The van der Waals surface area contributed by atoms with Crippen LogP contribution in [-0.4, -0.2) is 48.9 Å². The Kier molecular flexibility index (Phi) is 5.76. The fraction of sp³-hybridized carbons (Fsp3) is 0.467. The summed E-state index contributed by atoms with van der Waals surface area (Å²) in [6.45, 7) is 4.74. The monoisotopic (exact) mass is 353 g/mol. The van der Waals surface area contributed by atoms with Crippen molar-refractivity contribution in [3.05, 3.63) is 34.3 Å². The highest BCUT2D eigenvalue weighted by molar-refractivity contribution is 9.10. The fourth-order valence-corrected chi connectivity index (χ4v) is 2.57. The Hall–Kier alpha value is -1.40. The van der Waals surface area contributed by atoms with Crippen molar-refractivity contribution < 1.29 is 9.59 Å². The summed E-state index contributed by atoms with van der Waals surface area (Å²) in [5.41, 5.74) is 0.599. The smallest absolute Gasteiger partial charge is 0.251 e. The van der Waals surface area contributed by atoms with Crippen molar-refractivity contribution in [1.29, 1.82) is 0 Å². The SMILES string of the molecule is CC1CN(C(=O)CCNC(=O)c2ccc(Br)cc2)CCN1. The van der Waals surface area contributed by atoms with Crippen LogP contribution in [0.25, 0.3) is 0 Å². The van der Waals surface area contributed by atoms with E-state index in [9.17, 15) is 9.59 Å². The average Bonchev–Trinajstić information content (AvgIpc) is 2.47. The number of rotatable bonds is 4. The van der Waals surface area contributed by atoms with Gasteiger partial charge in [-0.15, -0.1) is 0 Å². The van der Waals surface area contributed by atoms with Crippen molar-refractivity contribution in [2.24, 2.45) is 0 Å². The predicted octanol–water partition coefficient (Wildman–Crippen LogP) is 1.39. The van der Waals surface area contributed by atoms with Crippen LogP contribution >= 0.6 is 15.9 Å². The van der Waals surface area contributed by atoms with E-state index >= 15 is 0 Å². The van der Waals surface area contributed by atoms with Crippen LogP contribution in [0.3, 0.4) is 0 Å². The van der Waals surface area contributed by atoms with Crippen molar-refractivity contribution >= 4 is 27.7 Å². The Morgan fingerprint density at radius 2 is 2.10 bits per heavy atom. The van der Waals surface area contributed by atoms with Crippen LogP contribution in [0, 0.1) is 0 Å². The normalized spacial score (nSPS) is 18.4. The number of hydrogen-bond donors (Lipinski definition) is 2. The second-order valence-electron chi connectivity index (χ2n) is 5.21. The number of benzene rings is 1. The number of hydrogen-bond acceptors (Lipinski definition) is 3. The molecule has 1 heterocycles. The van der Waals surface area contributed by atoms with Gasteiger partial charge in [-0.1, -0.05) is 15.9 Å². The first-order chi connectivity index (χ1) is 10.1. The Morgan fingerprint density at radius 3 is 2.76 bits per heavy atom. The molecule has 0 aliphatic carbocycles. The molecule has 2 rings (SSSR count). The lowest BCUT2D eigenvalue weighted by atomic mass is 10.2. The van der Waals surface area contributed by atoms with Crippen LogP contribution in [0.15, 0.2) is 28.7 Å². The first-order valence-electron chi connectivity index (χ1n) is 7.11. The number of nitrogens with one attached hydrogen (secondary N) is 2. The molecule has 1 aliphatic heterocycles. The highest BCUT2D eigenvalue weighted by atomic mass is 79.9. The van der Waals surface area contributed by atoms with E-state index in [1.165, 1.54) is 0 Å². The predicted molar refractivity (Wildman–Crippen MR) is 85.1 cm³/mol. The largest absolute Gasteiger partial charge is 0.352 e. The Labute approximate surface area is 133 Å². The van der Waals surface area contributed by atoms with Gasteiger partial charge in [-0.2, -0.15) is 0 Å². The van der Waals surface area contributed by atoms with Crippen molar-refractivity contribution in [2.45, 2.75) is 19.4 Å². The third kappa shape index (κ3) is 4.82. The van der Waals surface area contributed by atoms with E-state index in [1.54, 1.807) is 12.1 Å². The molecule has 5 nitrogen and oxygen atoms in total. The lowest BCUT2D eigenvalue weighted by Crippen LogP contribution is -2.51. The Balaban J connectivity index is 1.74. The molecule has 1 aromatic carbocycles. The number of halogens is 1. The molecule has 1 aliphatic rings. The molecule has 1 atom stereocenters. The molecular weight excluding hydrogens is 334 g/mol. The van der Waals surface area contributed by atoms with Crippen LogP contribution in [0.5, 0.6) is 0 Å². The summed E-state index contributed by atoms with van der Waals surface area (Å²) in [6, 6.07) is 7.48. The van der Waals surface area contributed by atoms with E-state index in [0.717, 1.165) is 24.1 Å². The van der Waals surface area contributed by atoms with Crippen molar-refractivity contribution in [3.8, 4) is 0 Å². The summed E-state index contributed by atoms with van der Waals surface area (Å²) in [5, 5.41) is 6.08. The van der Waals surface area contributed by atoms with E-state index in [0.29, 0.717) is 24.6 Å². The van der Waals surface area contributed by atoms with E-state index in [4.69, 9.17) is 0 Å². The number of nitrogens with zero attached hydrogens (tertiary/aromatic N) is 1. The highest BCUT2D eigenvalue weighted by Crippen LogP contribution is 2.10. The van der Waals surface area contributed by atoms with Crippen LogP contribution in [0.1, 0.15) is 23.7 Å². The average molecular weight is 354 g/mol. The first kappa shape index (κ1) is 16.0. The summed E-state index contributed by atoms with van der Waals surface area (Å²) in [7, 11) is 0. The minimum absolute atomic E-state index is 0.0967. The molecule has 6 heteroatoms. The molecule has 114 valence electrons. The van der Waals surface area contributed by atoms with E-state index < -0.39 is 0 Å². The summed E-state index contributed by atoms with van der Waals surface area (Å²) >= 11 is 3.33. The minimum Gasteiger partial charge on any atom is -0.352 e. The number of carbonyl (C=O) groups is 2. The molecule has 0 radical (unpaired) electrons.